The second-order valence-electron chi connectivity index (χ2n) is 11.5. The van der Waals surface area contributed by atoms with Gasteiger partial charge < -0.3 is 20.1 Å². The van der Waals surface area contributed by atoms with Crippen LogP contribution in [0.3, 0.4) is 0 Å². The van der Waals surface area contributed by atoms with Crippen LogP contribution in [0.15, 0.2) is 42.5 Å². The minimum absolute atomic E-state index is 0.0333. The summed E-state index contributed by atoms with van der Waals surface area (Å²) >= 11 is 0. The number of hydrogen-bond acceptors (Lipinski definition) is 5. The molecule has 1 saturated carbocycles. The second kappa shape index (κ2) is 13.2. The van der Waals surface area contributed by atoms with Gasteiger partial charge in [0, 0.05) is 37.2 Å². The Morgan fingerprint density at radius 3 is 2.46 bits per heavy atom. The van der Waals surface area contributed by atoms with E-state index in [9.17, 15) is 27.9 Å². The topological polar surface area (TPSA) is 82.1 Å². The lowest BCUT2D eigenvalue weighted by Crippen LogP contribution is -2.49. The van der Waals surface area contributed by atoms with Crippen molar-refractivity contribution in [3.63, 3.8) is 0 Å². The molecular formula is C31H40F3N3O4. The first kappa shape index (κ1) is 30.8. The van der Waals surface area contributed by atoms with Gasteiger partial charge in [-0.05, 0) is 62.7 Å². The summed E-state index contributed by atoms with van der Waals surface area (Å²) in [5.41, 5.74) is 0.893. The number of hydrogen-bond donors (Lipinski definition) is 2. The number of aliphatic hydroxyl groups excluding tert-OH is 1. The predicted octanol–water partition coefficient (Wildman–Crippen LogP) is 5.58. The van der Waals surface area contributed by atoms with Gasteiger partial charge in [-0.25, -0.2) is 0 Å². The number of benzene rings is 2. The summed E-state index contributed by atoms with van der Waals surface area (Å²) in [6.45, 7) is 4.78. The molecule has 1 fully saturated rings. The Balaban J connectivity index is 1.53. The van der Waals surface area contributed by atoms with Crippen molar-refractivity contribution in [1.82, 2.24) is 9.80 Å². The molecule has 0 spiro atoms. The van der Waals surface area contributed by atoms with Crippen molar-refractivity contribution in [3.05, 3.63) is 59.2 Å². The third-order valence-corrected chi connectivity index (χ3v) is 8.13. The van der Waals surface area contributed by atoms with Crippen molar-refractivity contribution in [2.75, 3.05) is 32.1 Å². The predicted molar refractivity (Wildman–Crippen MR) is 151 cm³/mol. The number of carbonyl (C=O) groups excluding carboxylic acids is 2. The van der Waals surface area contributed by atoms with Crippen molar-refractivity contribution in [2.45, 2.75) is 70.8 Å². The fourth-order valence-corrected chi connectivity index (χ4v) is 5.61. The van der Waals surface area contributed by atoms with Crippen molar-refractivity contribution < 1.29 is 32.6 Å². The first-order chi connectivity index (χ1) is 19.5. The summed E-state index contributed by atoms with van der Waals surface area (Å²) in [7, 11) is 1.87. The molecule has 0 aromatic heterocycles. The highest BCUT2D eigenvalue weighted by molar-refractivity contribution is 6.00. The Bertz CT molecular complexity index is 1200. The highest BCUT2D eigenvalue weighted by Gasteiger charge is 2.34. The van der Waals surface area contributed by atoms with E-state index in [0.29, 0.717) is 36.6 Å². The SMILES string of the molecule is C[C@H](CO)N1C[C@H](C)[C@@H](CN(C)Cc2ccc(C(F)(F)F)cc2)Oc2ccc(NC(=O)C3CCCCC3)cc2C1=O. The van der Waals surface area contributed by atoms with E-state index in [1.807, 2.05) is 18.9 Å². The summed E-state index contributed by atoms with van der Waals surface area (Å²) in [6.07, 6.45) is 0.211. The summed E-state index contributed by atoms with van der Waals surface area (Å²) in [4.78, 5) is 30.2. The van der Waals surface area contributed by atoms with Crippen LogP contribution in [0.2, 0.25) is 0 Å². The fraction of sp³-hybridized carbons (Fsp3) is 0.548. The molecule has 0 radical (unpaired) electrons. The molecule has 1 aliphatic heterocycles. The normalized spacial score (nSPS) is 21.1. The van der Waals surface area contributed by atoms with Crippen molar-refractivity contribution in [3.8, 4) is 5.75 Å². The number of nitrogens with zero attached hydrogens (tertiary/aromatic N) is 2. The number of amides is 2. The number of anilines is 1. The fourth-order valence-electron chi connectivity index (χ4n) is 5.61. The van der Waals surface area contributed by atoms with Gasteiger partial charge in [-0.15, -0.1) is 0 Å². The molecular weight excluding hydrogens is 535 g/mol. The van der Waals surface area contributed by atoms with E-state index in [1.54, 1.807) is 30.0 Å². The Hall–Kier alpha value is -3.11. The number of fused-ring (bicyclic) bond motifs is 1. The van der Waals surface area contributed by atoms with Gasteiger partial charge in [0.25, 0.3) is 5.91 Å². The van der Waals surface area contributed by atoms with Crippen LogP contribution < -0.4 is 10.1 Å². The molecule has 2 amide bonds. The van der Waals surface area contributed by atoms with E-state index in [4.69, 9.17) is 4.74 Å². The van der Waals surface area contributed by atoms with Gasteiger partial charge in [-0.2, -0.15) is 13.2 Å². The zero-order valence-electron chi connectivity index (χ0n) is 23.9. The molecule has 0 unspecified atom stereocenters. The first-order valence-electron chi connectivity index (χ1n) is 14.3. The maximum absolute atomic E-state index is 13.7. The lowest BCUT2D eigenvalue weighted by atomic mass is 9.88. The maximum Gasteiger partial charge on any atom is 0.416 e. The maximum atomic E-state index is 13.7. The highest BCUT2D eigenvalue weighted by atomic mass is 19.4. The van der Waals surface area contributed by atoms with Gasteiger partial charge in [-0.1, -0.05) is 38.3 Å². The number of carbonyl (C=O) groups is 2. The molecule has 2 aromatic carbocycles. The number of alkyl halides is 3. The number of rotatable bonds is 8. The molecule has 1 aliphatic carbocycles. The Morgan fingerprint density at radius 2 is 1.83 bits per heavy atom. The molecule has 4 rings (SSSR count). The first-order valence-corrected chi connectivity index (χ1v) is 14.3. The van der Waals surface area contributed by atoms with Crippen LogP contribution in [-0.4, -0.2) is 65.6 Å². The lowest BCUT2D eigenvalue weighted by molar-refractivity contribution is -0.137. The van der Waals surface area contributed by atoms with Crippen molar-refractivity contribution in [2.24, 2.45) is 11.8 Å². The summed E-state index contributed by atoms with van der Waals surface area (Å²) in [5, 5.41) is 12.9. The van der Waals surface area contributed by atoms with Crippen LogP contribution in [-0.2, 0) is 17.5 Å². The van der Waals surface area contributed by atoms with Crippen molar-refractivity contribution in [1.29, 1.82) is 0 Å². The molecule has 2 aliphatic rings. The van der Waals surface area contributed by atoms with E-state index in [2.05, 4.69) is 5.32 Å². The van der Waals surface area contributed by atoms with E-state index in [-0.39, 0.29) is 36.4 Å². The van der Waals surface area contributed by atoms with Gasteiger partial charge >= 0.3 is 6.18 Å². The van der Waals surface area contributed by atoms with Gasteiger partial charge in [0.1, 0.15) is 11.9 Å². The molecule has 2 aromatic rings. The lowest BCUT2D eigenvalue weighted by Gasteiger charge is -2.38. The number of ether oxygens (including phenoxy) is 1. The van der Waals surface area contributed by atoms with Gasteiger partial charge in [-0.3, -0.25) is 14.5 Å². The van der Waals surface area contributed by atoms with Gasteiger partial charge in [0.05, 0.1) is 23.8 Å². The zero-order valence-corrected chi connectivity index (χ0v) is 23.9. The van der Waals surface area contributed by atoms with Gasteiger partial charge in [0.15, 0.2) is 0 Å². The minimum atomic E-state index is -4.38. The quantitative estimate of drug-likeness (QED) is 0.430. The molecule has 10 heteroatoms. The largest absolute Gasteiger partial charge is 0.488 e. The smallest absolute Gasteiger partial charge is 0.416 e. The molecule has 7 nitrogen and oxygen atoms in total. The van der Waals surface area contributed by atoms with E-state index >= 15 is 0 Å². The second-order valence-corrected chi connectivity index (χ2v) is 11.5. The van der Waals surface area contributed by atoms with Crippen molar-refractivity contribution >= 4 is 17.5 Å². The number of aliphatic hydroxyl groups is 1. The van der Waals surface area contributed by atoms with Crippen LogP contribution in [0.4, 0.5) is 18.9 Å². The van der Waals surface area contributed by atoms with Crippen LogP contribution in [0.5, 0.6) is 5.75 Å². The molecule has 0 bridgehead atoms. The summed E-state index contributed by atoms with van der Waals surface area (Å²) in [6, 6.07) is 9.77. The molecule has 0 saturated heterocycles. The number of nitrogens with one attached hydrogen (secondary N) is 1. The van der Waals surface area contributed by atoms with E-state index in [1.165, 1.54) is 12.1 Å². The molecule has 3 atom stereocenters. The minimum Gasteiger partial charge on any atom is -0.488 e. The third kappa shape index (κ3) is 7.80. The van der Waals surface area contributed by atoms with Crippen LogP contribution in [0.25, 0.3) is 0 Å². The molecule has 1 heterocycles. The van der Waals surface area contributed by atoms with Crippen LogP contribution in [0, 0.1) is 11.8 Å². The average Bonchev–Trinajstić information content (AvgIpc) is 2.95. The molecule has 2 N–H and O–H groups in total. The average molecular weight is 576 g/mol. The summed E-state index contributed by atoms with van der Waals surface area (Å²) < 4.78 is 45.3. The van der Waals surface area contributed by atoms with E-state index < -0.39 is 17.8 Å². The Labute approximate surface area is 239 Å². The summed E-state index contributed by atoms with van der Waals surface area (Å²) in [5.74, 6) is -0.0734. The highest BCUT2D eigenvalue weighted by Crippen LogP contribution is 2.32. The van der Waals surface area contributed by atoms with E-state index in [0.717, 1.165) is 49.8 Å². The Kier molecular flexibility index (Phi) is 9.96. The van der Waals surface area contributed by atoms with Gasteiger partial charge in [0.2, 0.25) is 5.91 Å². The van der Waals surface area contributed by atoms with Crippen LogP contribution >= 0.6 is 0 Å². The number of likely N-dealkylation sites (N-methyl/N-ethyl adjacent to an activating group) is 1. The molecule has 41 heavy (non-hydrogen) atoms. The number of halogens is 3. The zero-order chi connectivity index (χ0) is 29.7. The van der Waals surface area contributed by atoms with Crippen LogP contribution in [0.1, 0.15) is 67.4 Å². The molecule has 224 valence electrons. The third-order valence-electron chi connectivity index (χ3n) is 8.13. The standard InChI is InChI=1S/C31H40F3N3O4/c1-20-16-37(21(2)19-38)30(40)26-15-25(35-29(39)23-7-5-4-6-8-23)13-14-27(26)41-28(20)18-36(3)17-22-9-11-24(12-10-22)31(32,33)34/h9-15,20-21,23,28,38H,4-8,16-19H2,1-3H3,(H,35,39)/t20-,21+,28+/m0/s1. The Morgan fingerprint density at radius 1 is 1.15 bits per heavy atom. The monoisotopic (exact) mass is 575 g/mol.